The summed E-state index contributed by atoms with van der Waals surface area (Å²) in [5.74, 6) is 0.656. The lowest BCUT2D eigenvalue weighted by atomic mass is 9.94. The van der Waals surface area contributed by atoms with Crippen molar-refractivity contribution in [3.63, 3.8) is 0 Å². The molecule has 4 heteroatoms. The molecule has 16 heavy (non-hydrogen) atoms. The van der Waals surface area contributed by atoms with Crippen molar-refractivity contribution in [2.75, 3.05) is 20.7 Å². The third-order valence-electron chi connectivity index (χ3n) is 3.19. The first-order valence-electron chi connectivity index (χ1n) is 5.69. The molecule has 2 atom stereocenters. The number of nitrogens with two attached hydrogens (primary N) is 1. The zero-order chi connectivity index (χ0) is 11.5. The minimum Gasteiger partial charge on any atom is -0.481 e. The van der Waals surface area contributed by atoms with Crippen LogP contribution in [0.1, 0.15) is 24.6 Å². The van der Waals surface area contributed by atoms with Crippen molar-refractivity contribution in [2.24, 2.45) is 5.73 Å². The van der Waals surface area contributed by atoms with Crippen LogP contribution in [0, 0.1) is 0 Å². The van der Waals surface area contributed by atoms with Crippen LogP contribution in [-0.2, 0) is 0 Å². The topological polar surface area (TPSA) is 51.4 Å². The van der Waals surface area contributed by atoms with Crippen molar-refractivity contribution < 1.29 is 4.74 Å². The molecule has 1 saturated heterocycles. The van der Waals surface area contributed by atoms with Crippen LogP contribution in [0.25, 0.3) is 0 Å². The summed E-state index contributed by atoms with van der Waals surface area (Å²) >= 11 is 0. The number of likely N-dealkylation sites (tertiary alicyclic amines) is 1. The molecular weight excluding hydrogens is 202 g/mol. The summed E-state index contributed by atoms with van der Waals surface area (Å²) < 4.78 is 5.15. The summed E-state index contributed by atoms with van der Waals surface area (Å²) in [4.78, 5) is 6.75. The van der Waals surface area contributed by atoms with Gasteiger partial charge >= 0.3 is 0 Å². The fourth-order valence-corrected chi connectivity index (χ4v) is 2.35. The minimum atomic E-state index is 0.165. The average molecular weight is 221 g/mol. The lowest BCUT2D eigenvalue weighted by Crippen LogP contribution is -2.44. The molecule has 2 N–H and O–H groups in total. The van der Waals surface area contributed by atoms with Crippen LogP contribution in [0.4, 0.5) is 0 Å². The zero-order valence-electron chi connectivity index (χ0n) is 9.89. The Hall–Kier alpha value is -1.13. The van der Waals surface area contributed by atoms with Crippen molar-refractivity contribution in [2.45, 2.75) is 24.9 Å². The van der Waals surface area contributed by atoms with E-state index >= 15 is 0 Å². The molecule has 0 spiro atoms. The molecule has 2 heterocycles. The minimum absolute atomic E-state index is 0.165. The molecule has 2 rings (SSSR count). The standard InChI is InChI=1S/C12H19N3O/c1-15-8-4-5-9(13)12(15)10-6-3-7-11(14-10)16-2/h3,6-7,9,12H,4-5,8,13H2,1-2H3. The fourth-order valence-electron chi connectivity index (χ4n) is 2.35. The van der Waals surface area contributed by atoms with E-state index in [2.05, 4.69) is 16.9 Å². The van der Waals surface area contributed by atoms with Gasteiger partial charge in [-0.1, -0.05) is 6.07 Å². The maximum atomic E-state index is 6.17. The number of ether oxygens (including phenoxy) is 1. The number of likely N-dealkylation sites (N-methyl/N-ethyl adjacent to an activating group) is 1. The van der Waals surface area contributed by atoms with E-state index < -0.39 is 0 Å². The van der Waals surface area contributed by atoms with Gasteiger partial charge in [0.1, 0.15) is 0 Å². The Kier molecular flexibility index (Phi) is 3.41. The monoisotopic (exact) mass is 221 g/mol. The molecule has 1 aromatic rings. The van der Waals surface area contributed by atoms with Gasteiger partial charge in [-0.3, -0.25) is 4.90 Å². The lowest BCUT2D eigenvalue weighted by Gasteiger charge is -2.36. The van der Waals surface area contributed by atoms with Crippen LogP contribution in [0.5, 0.6) is 5.88 Å². The normalized spacial score (nSPS) is 26.7. The van der Waals surface area contributed by atoms with E-state index in [0.29, 0.717) is 5.88 Å². The highest BCUT2D eigenvalue weighted by Gasteiger charge is 2.28. The summed E-state index contributed by atoms with van der Waals surface area (Å²) in [6, 6.07) is 6.23. The van der Waals surface area contributed by atoms with E-state index in [0.717, 1.165) is 25.1 Å². The lowest BCUT2D eigenvalue weighted by molar-refractivity contribution is 0.158. The molecule has 0 radical (unpaired) electrons. The van der Waals surface area contributed by atoms with Crippen molar-refractivity contribution >= 4 is 0 Å². The van der Waals surface area contributed by atoms with Crippen LogP contribution < -0.4 is 10.5 Å². The van der Waals surface area contributed by atoms with Crippen LogP contribution in [0.2, 0.25) is 0 Å². The van der Waals surface area contributed by atoms with Crippen molar-refractivity contribution in [1.29, 1.82) is 0 Å². The van der Waals surface area contributed by atoms with Crippen LogP contribution in [0.3, 0.4) is 0 Å². The number of nitrogens with zero attached hydrogens (tertiary/aromatic N) is 2. The molecule has 0 aromatic carbocycles. The fraction of sp³-hybridized carbons (Fsp3) is 0.583. The van der Waals surface area contributed by atoms with Gasteiger partial charge in [0, 0.05) is 12.1 Å². The van der Waals surface area contributed by atoms with Crippen LogP contribution in [0.15, 0.2) is 18.2 Å². The summed E-state index contributed by atoms with van der Waals surface area (Å²) in [6.07, 6.45) is 2.23. The highest BCUT2D eigenvalue weighted by atomic mass is 16.5. The third-order valence-corrected chi connectivity index (χ3v) is 3.19. The predicted molar refractivity (Wildman–Crippen MR) is 63.4 cm³/mol. The Morgan fingerprint density at radius 2 is 2.31 bits per heavy atom. The number of methoxy groups -OCH3 is 1. The molecule has 0 saturated carbocycles. The van der Waals surface area contributed by atoms with Gasteiger partial charge in [0.2, 0.25) is 5.88 Å². The maximum Gasteiger partial charge on any atom is 0.213 e. The summed E-state index contributed by atoms with van der Waals surface area (Å²) in [5.41, 5.74) is 7.18. The molecular formula is C12H19N3O. The third kappa shape index (κ3) is 2.18. The maximum absolute atomic E-state index is 6.17. The summed E-state index contributed by atoms with van der Waals surface area (Å²) in [6.45, 7) is 1.08. The van der Waals surface area contributed by atoms with E-state index in [9.17, 15) is 0 Å². The molecule has 1 fully saturated rings. The van der Waals surface area contributed by atoms with E-state index in [4.69, 9.17) is 10.5 Å². The average Bonchev–Trinajstić information content (AvgIpc) is 2.29. The van der Waals surface area contributed by atoms with Gasteiger partial charge in [-0.25, -0.2) is 4.98 Å². The second-order valence-corrected chi connectivity index (χ2v) is 4.34. The summed E-state index contributed by atoms with van der Waals surface area (Å²) in [7, 11) is 3.74. The SMILES string of the molecule is COc1cccc(C2C(N)CCCN2C)n1. The molecule has 2 unspecified atom stereocenters. The number of hydrogen-bond donors (Lipinski definition) is 1. The van der Waals surface area contributed by atoms with Gasteiger partial charge in [-0.05, 0) is 32.5 Å². The van der Waals surface area contributed by atoms with E-state index in [1.165, 1.54) is 0 Å². The van der Waals surface area contributed by atoms with Gasteiger partial charge in [-0.15, -0.1) is 0 Å². The van der Waals surface area contributed by atoms with Gasteiger partial charge < -0.3 is 10.5 Å². The highest BCUT2D eigenvalue weighted by molar-refractivity contribution is 5.20. The summed E-state index contributed by atoms with van der Waals surface area (Å²) in [5, 5.41) is 0. The Morgan fingerprint density at radius 3 is 3.00 bits per heavy atom. The second kappa shape index (κ2) is 4.80. The predicted octanol–water partition coefficient (Wildman–Crippen LogP) is 1.18. The molecule has 0 bridgehead atoms. The van der Waals surface area contributed by atoms with Crippen molar-refractivity contribution in [3.05, 3.63) is 23.9 Å². The number of pyridine rings is 1. The zero-order valence-corrected chi connectivity index (χ0v) is 9.89. The number of hydrogen-bond acceptors (Lipinski definition) is 4. The number of rotatable bonds is 2. The van der Waals surface area contributed by atoms with Gasteiger partial charge in [0.05, 0.1) is 18.8 Å². The Labute approximate surface area is 96.4 Å². The van der Waals surface area contributed by atoms with E-state index in [-0.39, 0.29) is 12.1 Å². The van der Waals surface area contributed by atoms with E-state index in [1.807, 2.05) is 18.2 Å². The van der Waals surface area contributed by atoms with Crippen LogP contribution >= 0.6 is 0 Å². The molecule has 0 amide bonds. The molecule has 0 aliphatic carbocycles. The van der Waals surface area contributed by atoms with Crippen molar-refractivity contribution in [1.82, 2.24) is 9.88 Å². The quantitative estimate of drug-likeness (QED) is 0.815. The molecule has 1 aromatic heterocycles. The first-order chi connectivity index (χ1) is 7.72. The van der Waals surface area contributed by atoms with Gasteiger partial charge in [0.25, 0.3) is 0 Å². The Morgan fingerprint density at radius 1 is 1.50 bits per heavy atom. The highest BCUT2D eigenvalue weighted by Crippen LogP contribution is 2.28. The molecule has 1 aliphatic heterocycles. The Balaban J connectivity index is 2.26. The van der Waals surface area contributed by atoms with Gasteiger partial charge in [-0.2, -0.15) is 0 Å². The van der Waals surface area contributed by atoms with Gasteiger partial charge in [0.15, 0.2) is 0 Å². The second-order valence-electron chi connectivity index (χ2n) is 4.34. The largest absolute Gasteiger partial charge is 0.481 e. The number of aromatic nitrogens is 1. The van der Waals surface area contributed by atoms with Crippen LogP contribution in [-0.4, -0.2) is 36.6 Å². The van der Waals surface area contributed by atoms with E-state index in [1.54, 1.807) is 7.11 Å². The molecule has 1 aliphatic rings. The van der Waals surface area contributed by atoms with Crippen molar-refractivity contribution in [3.8, 4) is 5.88 Å². The first-order valence-corrected chi connectivity index (χ1v) is 5.69. The first kappa shape index (κ1) is 11.4. The molecule has 4 nitrogen and oxygen atoms in total. The molecule has 88 valence electrons. The smallest absolute Gasteiger partial charge is 0.213 e. The Bertz CT molecular complexity index is 346. The number of piperidine rings is 1.